The summed E-state index contributed by atoms with van der Waals surface area (Å²) in [5.74, 6) is 1.27. The first kappa shape index (κ1) is 18.7. The summed E-state index contributed by atoms with van der Waals surface area (Å²) in [5, 5.41) is 0. The van der Waals surface area contributed by atoms with Crippen molar-refractivity contribution >= 4 is 11.8 Å². The van der Waals surface area contributed by atoms with Gasteiger partial charge in [-0.1, -0.05) is 12.8 Å². The molecule has 3 saturated heterocycles. The van der Waals surface area contributed by atoms with Crippen molar-refractivity contribution in [1.29, 1.82) is 0 Å². The van der Waals surface area contributed by atoms with Gasteiger partial charge in [0, 0.05) is 45.6 Å². The van der Waals surface area contributed by atoms with Gasteiger partial charge in [-0.3, -0.25) is 9.59 Å². The number of amides is 2. The summed E-state index contributed by atoms with van der Waals surface area (Å²) >= 11 is 0. The Hall–Kier alpha value is -1.10. The highest BCUT2D eigenvalue weighted by atomic mass is 16.2. The van der Waals surface area contributed by atoms with Crippen LogP contribution in [0.2, 0.25) is 0 Å². The number of piperidine rings is 2. The minimum atomic E-state index is 0.132. The standard InChI is InChI=1S/C20H35N3O2/c1-17(24)22-13-8-19(9-14-22)20(25)23-12-6-7-18(16-23)15-21-10-4-2-3-5-11-21/h18-19H,2-16H2,1H3/t18-/m1/s1. The summed E-state index contributed by atoms with van der Waals surface area (Å²) in [6.45, 7) is 8.66. The number of rotatable bonds is 3. The second-order valence-corrected chi connectivity index (χ2v) is 8.29. The van der Waals surface area contributed by atoms with Crippen molar-refractivity contribution in [3.8, 4) is 0 Å². The zero-order valence-electron chi connectivity index (χ0n) is 15.9. The Morgan fingerprint density at radius 2 is 1.48 bits per heavy atom. The lowest BCUT2D eigenvalue weighted by Crippen LogP contribution is -2.48. The maximum Gasteiger partial charge on any atom is 0.225 e. The van der Waals surface area contributed by atoms with E-state index in [1.54, 1.807) is 6.92 Å². The second kappa shape index (κ2) is 9.02. The lowest BCUT2D eigenvalue weighted by atomic mass is 9.92. The third-order valence-electron chi connectivity index (χ3n) is 6.34. The maximum atomic E-state index is 12.9. The third kappa shape index (κ3) is 5.19. The molecule has 0 unspecified atom stereocenters. The molecule has 0 aromatic carbocycles. The first-order valence-corrected chi connectivity index (χ1v) is 10.4. The van der Waals surface area contributed by atoms with E-state index < -0.39 is 0 Å². The van der Waals surface area contributed by atoms with Crippen molar-refractivity contribution in [3.05, 3.63) is 0 Å². The molecule has 0 aliphatic carbocycles. The van der Waals surface area contributed by atoms with Crippen LogP contribution in [0.15, 0.2) is 0 Å². The molecule has 3 heterocycles. The number of likely N-dealkylation sites (tertiary alicyclic amines) is 3. The molecular weight excluding hydrogens is 314 g/mol. The second-order valence-electron chi connectivity index (χ2n) is 8.29. The molecule has 2 amide bonds. The van der Waals surface area contributed by atoms with Crippen LogP contribution in [0, 0.1) is 11.8 Å². The highest BCUT2D eigenvalue weighted by molar-refractivity contribution is 5.79. The molecule has 0 N–H and O–H groups in total. The predicted octanol–water partition coefficient (Wildman–Crippen LogP) is 2.36. The van der Waals surface area contributed by atoms with Crippen LogP contribution in [0.3, 0.4) is 0 Å². The Morgan fingerprint density at radius 3 is 2.12 bits per heavy atom. The van der Waals surface area contributed by atoms with Crippen LogP contribution in [0.1, 0.15) is 58.3 Å². The smallest absolute Gasteiger partial charge is 0.225 e. The summed E-state index contributed by atoms with van der Waals surface area (Å²) < 4.78 is 0. The molecular formula is C20H35N3O2. The van der Waals surface area contributed by atoms with Crippen LogP contribution in [0.4, 0.5) is 0 Å². The van der Waals surface area contributed by atoms with Crippen LogP contribution in [-0.4, -0.2) is 72.3 Å². The van der Waals surface area contributed by atoms with E-state index in [0.717, 1.165) is 45.4 Å². The molecule has 142 valence electrons. The fourth-order valence-corrected chi connectivity index (χ4v) is 4.80. The maximum absolute atomic E-state index is 12.9. The van der Waals surface area contributed by atoms with Gasteiger partial charge in [-0.2, -0.15) is 0 Å². The Morgan fingerprint density at radius 1 is 0.800 bits per heavy atom. The topological polar surface area (TPSA) is 43.9 Å². The van der Waals surface area contributed by atoms with Gasteiger partial charge in [0.1, 0.15) is 0 Å². The van der Waals surface area contributed by atoms with Gasteiger partial charge in [0.05, 0.1) is 0 Å². The quantitative estimate of drug-likeness (QED) is 0.786. The summed E-state index contributed by atoms with van der Waals surface area (Å²) in [5.41, 5.74) is 0. The number of nitrogens with zero attached hydrogens (tertiary/aromatic N) is 3. The van der Waals surface area contributed by atoms with Gasteiger partial charge in [0.15, 0.2) is 0 Å². The van der Waals surface area contributed by atoms with E-state index in [1.165, 1.54) is 51.7 Å². The minimum absolute atomic E-state index is 0.132. The molecule has 3 rings (SSSR count). The van der Waals surface area contributed by atoms with Gasteiger partial charge in [0.2, 0.25) is 11.8 Å². The zero-order chi connectivity index (χ0) is 17.6. The van der Waals surface area contributed by atoms with Crippen LogP contribution in [0.25, 0.3) is 0 Å². The predicted molar refractivity (Wildman–Crippen MR) is 99.2 cm³/mol. The van der Waals surface area contributed by atoms with Gasteiger partial charge in [0.25, 0.3) is 0 Å². The Bertz CT molecular complexity index is 452. The molecule has 0 aromatic rings. The molecule has 3 fully saturated rings. The fourth-order valence-electron chi connectivity index (χ4n) is 4.80. The van der Waals surface area contributed by atoms with E-state index >= 15 is 0 Å². The molecule has 3 aliphatic rings. The Balaban J connectivity index is 1.47. The van der Waals surface area contributed by atoms with E-state index in [-0.39, 0.29) is 11.8 Å². The van der Waals surface area contributed by atoms with E-state index in [4.69, 9.17) is 0 Å². The molecule has 0 bridgehead atoms. The number of hydrogen-bond donors (Lipinski definition) is 0. The zero-order valence-corrected chi connectivity index (χ0v) is 15.9. The van der Waals surface area contributed by atoms with E-state index in [1.807, 2.05) is 4.90 Å². The third-order valence-corrected chi connectivity index (χ3v) is 6.34. The van der Waals surface area contributed by atoms with E-state index in [2.05, 4.69) is 9.80 Å². The molecule has 0 spiro atoms. The number of carbonyl (C=O) groups is 2. The van der Waals surface area contributed by atoms with Gasteiger partial charge >= 0.3 is 0 Å². The normalized spacial score (nSPS) is 27.2. The molecule has 0 radical (unpaired) electrons. The minimum Gasteiger partial charge on any atom is -0.343 e. The van der Waals surface area contributed by atoms with Gasteiger partial charge in [-0.05, 0) is 57.5 Å². The average molecular weight is 350 g/mol. The Labute approximate surface area is 152 Å². The van der Waals surface area contributed by atoms with Crippen molar-refractivity contribution in [2.45, 2.75) is 58.3 Å². The van der Waals surface area contributed by atoms with Gasteiger partial charge in [-0.15, -0.1) is 0 Å². The SMILES string of the molecule is CC(=O)N1CCC(C(=O)N2CCC[C@H](CN3CCCCCC3)C2)CC1. The Kier molecular flexibility index (Phi) is 6.74. The summed E-state index contributed by atoms with van der Waals surface area (Å²) in [6, 6.07) is 0. The lowest BCUT2D eigenvalue weighted by Gasteiger charge is -2.39. The number of carbonyl (C=O) groups excluding carboxylic acids is 2. The van der Waals surface area contributed by atoms with Crippen LogP contribution in [0.5, 0.6) is 0 Å². The van der Waals surface area contributed by atoms with Crippen molar-refractivity contribution in [2.24, 2.45) is 11.8 Å². The van der Waals surface area contributed by atoms with Crippen molar-refractivity contribution in [2.75, 3.05) is 45.8 Å². The van der Waals surface area contributed by atoms with E-state index in [0.29, 0.717) is 11.8 Å². The monoisotopic (exact) mass is 349 g/mol. The molecule has 3 aliphatic heterocycles. The van der Waals surface area contributed by atoms with Crippen molar-refractivity contribution < 1.29 is 9.59 Å². The van der Waals surface area contributed by atoms with Crippen LogP contribution in [-0.2, 0) is 9.59 Å². The number of hydrogen-bond acceptors (Lipinski definition) is 3. The molecule has 0 aromatic heterocycles. The molecule has 25 heavy (non-hydrogen) atoms. The lowest BCUT2D eigenvalue weighted by molar-refractivity contribution is -0.141. The van der Waals surface area contributed by atoms with E-state index in [9.17, 15) is 9.59 Å². The van der Waals surface area contributed by atoms with Crippen molar-refractivity contribution in [1.82, 2.24) is 14.7 Å². The molecule has 0 saturated carbocycles. The van der Waals surface area contributed by atoms with Crippen LogP contribution >= 0.6 is 0 Å². The summed E-state index contributed by atoms with van der Waals surface area (Å²) in [4.78, 5) is 31.0. The highest BCUT2D eigenvalue weighted by Gasteiger charge is 2.32. The van der Waals surface area contributed by atoms with Gasteiger partial charge in [-0.25, -0.2) is 0 Å². The largest absolute Gasteiger partial charge is 0.343 e. The highest BCUT2D eigenvalue weighted by Crippen LogP contribution is 2.25. The van der Waals surface area contributed by atoms with Crippen molar-refractivity contribution in [3.63, 3.8) is 0 Å². The van der Waals surface area contributed by atoms with Crippen LogP contribution < -0.4 is 0 Å². The fraction of sp³-hybridized carbons (Fsp3) is 0.900. The summed E-state index contributed by atoms with van der Waals surface area (Å²) in [7, 11) is 0. The molecule has 1 atom stereocenters. The first-order valence-electron chi connectivity index (χ1n) is 10.4. The average Bonchev–Trinajstić information content (AvgIpc) is 2.90. The summed E-state index contributed by atoms with van der Waals surface area (Å²) in [6.07, 6.45) is 9.53. The molecule has 5 heteroatoms. The van der Waals surface area contributed by atoms with Gasteiger partial charge < -0.3 is 14.7 Å². The molecule has 5 nitrogen and oxygen atoms in total. The first-order chi connectivity index (χ1) is 12.1.